The monoisotopic (exact) mass is 326 g/mol. The fourth-order valence-electron chi connectivity index (χ4n) is 6.97. The van der Waals surface area contributed by atoms with Crippen LogP contribution >= 0.6 is 0 Å². The Balaban J connectivity index is 1.73. The first kappa shape index (κ1) is 16.4. The van der Waals surface area contributed by atoms with Gasteiger partial charge in [0.1, 0.15) is 0 Å². The van der Waals surface area contributed by atoms with Gasteiger partial charge in [-0.25, -0.2) is 0 Å². The van der Waals surface area contributed by atoms with Gasteiger partial charge in [0, 0.05) is 12.3 Å². The van der Waals surface area contributed by atoms with Crippen molar-refractivity contribution in [3.63, 3.8) is 0 Å². The molecule has 2 nitrogen and oxygen atoms in total. The molecule has 0 amide bonds. The Labute approximate surface area is 146 Å². The van der Waals surface area contributed by atoms with Gasteiger partial charge in [-0.1, -0.05) is 25.3 Å². The zero-order valence-corrected chi connectivity index (χ0v) is 15.3. The maximum absolute atomic E-state index is 11.9. The van der Waals surface area contributed by atoms with Crippen LogP contribution in [0.3, 0.4) is 0 Å². The van der Waals surface area contributed by atoms with Gasteiger partial charge in [-0.05, 0) is 80.1 Å². The topological polar surface area (TPSA) is 37.3 Å². The fourth-order valence-corrected chi connectivity index (χ4v) is 6.97. The smallest absolute Gasteiger partial charge is 0.155 e. The highest BCUT2D eigenvalue weighted by molar-refractivity contribution is 5.91. The predicted molar refractivity (Wildman–Crippen MR) is 95.0 cm³/mol. The highest BCUT2D eigenvalue weighted by atomic mass is 16.3. The normalized spacial score (nSPS) is 50.1. The van der Waals surface area contributed by atoms with Gasteiger partial charge < -0.3 is 5.11 Å². The third kappa shape index (κ3) is 2.10. The third-order valence-electron chi connectivity index (χ3n) is 8.26. The van der Waals surface area contributed by atoms with Gasteiger partial charge in [0.05, 0.1) is 6.10 Å². The summed E-state index contributed by atoms with van der Waals surface area (Å²) in [4.78, 5) is 11.9. The summed E-state index contributed by atoms with van der Waals surface area (Å²) < 4.78 is 0. The molecule has 0 spiro atoms. The maximum atomic E-state index is 11.9. The molecule has 0 aliphatic heterocycles. The molecule has 0 saturated heterocycles. The highest BCUT2D eigenvalue weighted by Gasteiger charge is 2.61. The van der Waals surface area contributed by atoms with Crippen LogP contribution in [0.25, 0.3) is 0 Å². The zero-order chi connectivity index (χ0) is 17.1. The van der Waals surface area contributed by atoms with Crippen LogP contribution in [0.5, 0.6) is 0 Å². The van der Waals surface area contributed by atoms with Crippen LogP contribution in [0.4, 0.5) is 0 Å². The minimum Gasteiger partial charge on any atom is -0.393 e. The number of fused-ring (bicyclic) bond motifs is 5. The number of hydrogen-bond acceptors (Lipinski definition) is 2. The summed E-state index contributed by atoms with van der Waals surface area (Å²) in [5, 5.41) is 10.8. The molecule has 2 heteroatoms. The van der Waals surface area contributed by atoms with Crippen molar-refractivity contribution in [2.24, 2.45) is 34.5 Å². The van der Waals surface area contributed by atoms with E-state index in [1.807, 2.05) is 13.0 Å². The minimum absolute atomic E-state index is 0.0394. The molecule has 4 rings (SSSR count). The Morgan fingerprint density at radius 1 is 1.21 bits per heavy atom. The van der Waals surface area contributed by atoms with Crippen LogP contribution < -0.4 is 0 Å². The van der Waals surface area contributed by atoms with Crippen molar-refractivity contribution in [1.29, 1.82) is 0 Å². The Hall–Kier alpha value is -1.07. The molecule has 4 aliphatic rings. The molecule has 3 saturated carbocycles. The van der Waals surface area contributed by atoms with Crippen LogP contribution in [0.1, 0.15) is 65.7 Å². The first-order chi connectivity index (χ1) is 11.4. The molecule has 1 unspecified atom stereocenters. The van der Waals surface area contributed by atoms with Crippen molar-refractivity contribution in [3.05, 3.63) is 11.6 Å². The average Bonchev–Trinajstić information content (AvgIpc) is 2.79. The molecule has 24 heavy (non-hydrogen) atoms. The van der Waals surface area contributed by atoms with E-state index in [1.165, 1.54) is 18.4 Å². The van der Waals surface area contributed by atoms with E-state index < -0.39 is 0 Å². The number of carbonyl (C=O) groups is 1. The molecule has 1 N–H and O–H groups in total. The quantitative estimate of drug-likeness (QED) is 0.680. The highest BCUT2D eigenvalue weighted by Crippen LogP contribution is 2.66. The van der Waals surface area contributed by atoms with Gasteiger partial charge in [0.25, 0.3) is 0 Å². The molecule has 0 radical (unpaired) electrons. The van der Waals surface area contributed by atoms with Crippen LogP contribution in [-0.2, 0) is 4.79 Å². The Bertz CT molecular complexity index is 651. The van der Waals surface area contributed by atoms with Gasteiger partial charge in [-0.3, -0.25) is 4.79 Å². The number of aliphatic hydroxyl groups is 1. The van der Waals surface area contributed by atoms with E-state index in [2.05, 4.69) is 25.7 Å². The lowest BCUT2D eigenvalue weighted by molar-refractivity contribution is -0.118. The van der Waals surface area contributed by atoms with Crippen molar-refractivity contribution in [2.45, 2.75) is 71.8 Å². The maximum Gasteiger partial charge on any atom is 0.155 e. The summed E-state index contributed by atoms with van der Waals surface area (Å²) >= 11 is 0. The fraction of sp³-hybridized carbons (Fsp3) is 0.773. The molecule has 130 valence electrons. The predicted octanol–water partition coefficient (Wildman–Crippen LogP) is 4.13. The zero-order valence-electron chi connectivity index (χ0n) is 15.3. The second-order valence-electron chi connectivity index (χ2n) is 9.18. The second-order valence-corrected chi connectivity index (χ2v) is 9.18. The standard InChI is InChI=1S/C22H30O2/c1-4-5-14-12-19(24)22(3)11-9-18-17(20(14)22)7-6-15-13-16(23)8-10-21(15,18)2/h13-14,17-20,24H,6-12H2,1-3H3/t14?,17-,18+,19+,20+,21+,22-/m1/s1. The molecule has 7 atom stereocenters. The van der Waals surface area contributed by atoms with Crippen molar-refractivity contribution >= 4 is 5.78 Å². The van der Waals surface area contributed by atoms with Crippen molar-refractivity contribution in [3.8, 4) is 11.8 Å². The average molecular weight is 326 g/mol. The van der Waals surface area contributed by atoms with Crippen molar-refractivity contribution in [2.75, 3.05) is 0 Å². The van der Waals surface area contributed by atoms with Crippen LogP contribution in [0.2, 0.25) is 0 Å². The number of aliphatic hydroxyl groups excluding tert-OH is 1. The summed E-state index contributed by atoms with van der Waals surface area (Å²) in [5.41, 5.74) is 1.66. The lowest BCUT2D eigenvalue weighted by Crippen LogP contribution is -2.52. The summed E-state index contributed by atoms with van der Waals surface area (Å²) in [6.45, 7) is 6.66. The van der Waals surface area contributed by atoms with Gasteiger partial charge in [-0.2, -0.15) is 0 Å². The third-order valence-corrected chi connectivity index (χ3v) is 8.26. The summed E-state index contributed by atoms with van der Waals surface area (Å²) in [6, 6.07) is 0. The van der Waals surface area contributed by atoms with Crippen LogP contribution in [-0.4, -0.2) is 17.0 Å². The molecule has 3 fully saturated rings. The first-order valence-electron chi connectivity index (χ1n) is 9.74. The lowest BCUT2D eigenvalue weighted by Gasteiger charge is -2.58. The van der Waals surface area contributed by atoms with Gasteiger partial charge in [0.2, 0.25) is 0 Å². The van der Waals surface area contributed by atoms with E-state index in [0.717, 1.165) is 25.7 Å². The van der Waals surface area contributed by atoms with E-state index in [1.54, 1.807) is 0 Å². The molecule has 4 aliphatic carbocycles. The van der Waals surface area contributed by atoms with Gasteiger partial charge in [-0.15, -0.1) is 5.92 Å². The number of rotatable bonds is 0. The van der Waals surface area contributed by atoms with E-state index in [0.29, 0.717) is 35.9 Å². The Morgan fingerprint density at radius 2 is 2.00 bits per heavy atom. The molecular formula is C22H30O2. The van der Waals surface area contributed by atoms with E-state index >= 15 is 0 Å². The SMILES string of the molecule is CC#CC1C[C@H](O)[C@@]2(C)CC[C@H]3[C@@H](CCC4=CC(=O)CC[C@@]43C)[C@H]12. The van der Waals surface area contributed by atoms with Crippen molar-refractivity contribution < 1.29 is 9.90 Å². The Morgan fingerprint density at radius 3 is 2.75 bits per heavy atom. The molecular weight excluding hydrogens is 296 g/mol. The minimum atomic E-state index is -0.202. The van der Waals surface area contributed by atoms with Gasteiger partial charge >= 0.3 is 0 Å². The summed E-state index contributed by atoms with van der Waals surface area (Å²) in [7, 11) is 0. The van der Waals surface area contributed by atoms with E-state index in [9.17, 15) is 9.90 Å². The van der Waals surface area contributed by atoms with E-state index in [4.69, 9.17) is 0 Å². The number of carbonyl (C=O) groups excluding carboxylic acids is 1. The summed E-state index contributed by atoms with van der Waals surface area (Å²) in [6.07, 6.45) is 8.91. The second kappa shape index (κ2) is 5.46. The number of allylic oxidation sites excluding steroid dienone is 1. The largest absolute Gasteiger partial charge is 0.393 e. The van der Waals surface area contributed by atoms with Crippen LogP contribution in [0, 0.1) is 46.3 Å². The first-order valence-corrected chi connectivity index (χ1v) is 9.74. The van der Waals surface area contributed by atoms with Gasteiger partial charge in [0.15, 0.2) is 5.78 Å². The summed E-state index contributed by atoms with van der Waals surface area (Å²) in [5.74, 6) is 9.09. The Kier molecular flexibility index (Phi) is 3.73. The van der Waals surface area contributed by atoms with Crippen LogP contribution in [0.15, 0.2) is 11.6 Å². The molecule has 0 aromatic rings. The molecule has 0 heterocycles. The number of hydrogen-bond donors (Lipinski definition) is 1. The molecule has 0 aromatic heterocycles. The molecule has 0 bridgehead atoms. The number of ketones is 1. The molecule has 0 aromatic carbocycles. The van der Waals surface area contributed by atoms with Crippen molar-refractivity contribution in [1.82, 2.24) is 0 Å². The van der Waals surface area contributed by atoms with E-state index in [-0.39, 0.29) is 16.9 Å². The lowest BCUT2D eigenvalue weighted by atomic mass is 9.46.